The molecule has 4 aromatic rings. The number of carbonyl (C=O) groups is 1. The molecule has 0 aliphatic carbocycles. The van der Waals surface area contributed by atoms with E-state index in [0.717, 1.165) is 4.31 Å². The largest absolute Gasteiger partial charge is 0.495 e. The molecule has 0 saturated heterocycles. The first-order valence-electron chi connectivity index (χ1n) is 9.97. The number of carbonyl (C=O) groups excluding carboxylic acids is 1. The molecule has 0 aliphatic heterocycles. The smallest absolute Gasteiger partial charge is 0.285 e. The molecule has 0 saturated carbocycles. The van der Waals surface area contributed by atoms with Gasteiger partial charge in [0.15, 0.2) is 5.69 Å². The van der Waals surface area contributed by atoms with Gasteiger partial charge < -0.3 is 14.8 Å². The highest BCUT2D eigenvalue weighted by Crippen LogP contribution is 2.36. The second-order valence-electron chi connectivity index (χ2n) is 7.10. The van der Waals surface area contributed by atoms with Crippen molar-refractivity contribution in [2.45, 2.75) is 4.90 Å². The number of methoxy groups -OCH3 is 1. The molecular weight excluding hydrogens is 480 g/mol. The minimum absolute atomic E-state index is 0.0314. The zero-order chi connectivity index (χ0) is 24.3. The van der Waals surface area contributed by atoms with Crippen LogP contribution in [0.25, 0.3) is 10.9 Å². The second-order valence-corrected chi connectivity index (χ2v) is 9.40. The van der Waals surface area contributed by atoms with Crippen LogP contribution in [-0.4, -0.2) is 38.1 Å². The number of nitrogens with one attached hydrogen (secondary N) is 1. The van der Waals surface area contributed by atoms with Crippen molar-refractivity contribution in [2.75, 3.05) is 18.0 Å². The number of azo groups is 1. The zero-order valence-electron chi connectivity index (χ0n) is 17.8. The fourth-order valence-electron chi connectivity index (χ4n) is 3.35. The van der Waals surface area contributed by atoms with Gasteiger partial charge in [-0.05, 0) is 36.4 Å². The van der Waals surface area contributed by atoms with Crippen LogP contribution in [0.5, 0.6) is 11.6 Å². The van der Waals surface area contributed by atoms with Crippen LogP contribution in [0.4, 0.5) is 11.4 Å². The molecule has 1 heterocycles. The van der Waals surface area contributed by atoms with Crippen molar-refractivity contribution in [2.24, 2.45) is 10.2 Å². The fourth-order valence-corrected chi connectivity index (χ4v) is 4.96. The van der Waals surface area contributed by atoms with Gasteiger partial charge in [-0.25, -0.2) is 8.42 Å². The highest BCUT2D eigenvalue weighted by Gasteiger charge is 2.29. The van der Waals surface area contributed by atoms with E-state index >= 15 is 0 Å². The van der Waals surface area contributed by atoms with E-state index in [1.165, 1.54) is 31.4 Å². The summed E-state index contributed by atoms with van der Waals surface area (Å²) >= 11 is 6.12. The van der Waals surface area contributed by atoms with Crippen molar-refractivity contribution >= 4 is 49.8 Å². The number of anilines is 1. The maximum absolute atomic E-state index is 13.5. The van der Waals surface area contributed by atoms with Crippen LogP contribution in [0.2, 0.25) is 5.02 Å². The Balaban J connectivity index is 1.73. The van der Waals surface area contributed by atoms with Crippen molar-refractivity contribution in [3.8, 4) is 11.6 Å². The number of aromatic hydroxyl groups is 1. The highest BCUT2D eigenvalue weighted by atomic mass is 35.5. The first-order chi connectivity index (χ1) is 16.3. The van der Waals surface area contributed by atoms with Gasteiger partial charge in [-0.1, -0.05) is 48.0 Å². The Morgan fingerprint density at radius 1 is 1.09 bits per heavy atom. The molecule has 0 unspecified atom stereocenters. The summed E-state index contributed by atoms with van der Waals surface area (Å²) in [6.07, 6.45) is 0. The Bertz CT molecular complexity index is 1490. The van der Waals surface area contributed by atoms with E-state index in [-0.39, 0.29) is 32.9 Å². The van der Waals surface area contributed by atoms with Gasteiger partial charge in [-0.15, -0.1) is 10.2 Å². The Kier molecular flexibility index (Phi) is 6.53. The number of para-hydroxylation sites is 1. The number of halogens is 1. The van der Waals surface area contributed by atoms with Crippen LogP contribution in [0, 0.1) is 0 Å². The standard InChI is InChI=1S/C23H19ClN4O5S/c1-33-20-12-11-15(24)13-19(20)28(34(31,32)16-7-3-2-4-8-16)14-21(29)26-27-22-17-9-5-6-10-18(17)25-23(22)30/h2-13,25,30H,14H2,1H3. The van der Waals surface area contributed by atoms with Crippen molar-refractivity contribution in [1.29, 1.82) is 0 Å². The highest BCUT2D eigenvalue weighted by molar-refractivity contribution is 7.92. The van der Waals surface area contributed by atoms with E-state index in [2.05, 4.69) is 15.2 Å². The predicted molar refractivity (Wildman–Crippen MR) is 128 cm³/mol. The van der Waals surface area contributed by atoms with Gasteiger partial charge in [0.05, 0.1) is 23.2 Å². The second kappa shape index (κ2) is 9.54. The van der Waals surface area contributed by atoms with E-state index in [1.807, 2.05) is 0 Å². The van der Waals surface area contributed by atoms with Crippen molar-refractivity contribution in [3.63, 3.8) is 0 Å². The Hall–Kier alpha value is -3.89. The summed E-state index contributed by atoms with van der Waals surface area (Å²) in [5.41, 5.74) is 0.748. The van der Waals surface area contributed by atoms with Gasteiger partial charge in [0.1, 0.15) is 12.3 Å². The molecular formula is C23H19ClN4O5S. The summed E-state index contributed by atoms with van der Waals surface area (Å²) in [5.74, 6) is -0.933. The fraction of sp³-hybridized carbons (Fsp3) is 0.0870. The van der Waals surface area contributed by atoms with Gasteiger partial charge in [-0.3, -0.25) is 9.10 Å². The van der Waals surface area contributed by atoms with Gasteiger partial charge >= 0.3 is 0 Å². The van der Waals surface area contributed by atoms with Crippen LogP contribution >= 0.6 is 11.6 Å². The first kappa shape index (κ1) is 23.3. The van der Waals surface area contributed by atoms with Gasteiger partial charge in [0.2, 0.25) is 5.88 Å². The van der Waals surface area contributed by atoms with Crippen LogP contribution in [0.15, 0.2) is 87.9 Å². The molecule has 34 heavy (non-hydrogen) atoms. The number of aromatic nitrogens is 1. The summed E-state index contributed by atoms with van der Waals surface area (Å²) in [7, 11) is -2.82. The SMILES string of the molecule is COc1ccc(Cl)cc1N(CC(=O)N=Nc1c(O)[nH]c2ccccc12)S(=O)(=O)c1ccccc1. The topological polar surface area (TPSA) is 124 Å². The van der Waals surface area contributed by atoms with Crippen LogP contribution in [0.3, 0.4) is 0 Å². The molecule has 0 bridgehead atoms. The van der Waals surface area contributed by atoms with Crippen molar-refractivity contribution in [3.05, 3.63) is 77.8 Å². The van der Waals surface area contributed by atoms with E-state index in [9.17, 15) is 18.3 Å². The molecule has 3 aromatic carbocycles. The number of aromatic amines is 1. The third kappa shape index (κ3) is 4.59. The number of rotatable bonds is 7. The number of fused-ring (bicyclic) bond motifs is 1. The Morgan fingerprint density at radius 2 is 1.79 bits per heavy atom. The van der Waals surface area contributed by atoms with E-state index in [1.54, 1.807) is 48.5 Å². The lowest BCUT2D eigenvalue weighted by Crippen LogP contribution is -2.35. The predicted octanol–water partition coefficient (Wildman–Crippen LogP) is 5.04. The molecule has 11 heteroatoms. The minimum atomic E-state index is -4.20. The molecule has 1 amide bonds. The van der Waals surface area contributed by atoms with E-state index < -0.39 is 22.5 Å². The summed E-state index contributed by atoms with van der Waals surface area (Å²) in [6.45, 7) is -0.680. The number of nitrogens with zero attached hydrogens (tertiary/aromatic N) is 3. The number of hydrogen-bond acceptors (Lipinski definition) is 6. The van der Waals surface area contributed by atoms with Gasteiger partial charge in [-0.2, -0.15) is 0 Å². The maximum atomic E-state index is 13.5. The molecule has 9 nitrogen and oxygen atoms in total. The van der Waals surface area contributed by atoms with E-state index in [0.29, 0.717) is 10.9 Å². The molecule has 0 atom stereocenters. The summed E-state index contributed by atoms with van der Waals surface area (Å²) in [4.78, 5) is 15.5. The molecule has 1 aromatic heterocycles. The number of amides is 1. The summed E-state index contributed by atoms with van der Waals surface area (Å²) in [5, 5.41) is 18.5. The van der Waals surface area contributed by atoms with Gasteiger partial charge in [0.25, 0.3) is 15.9 Å². The van der Waals surface area contributed by atoms with Crippen molar-refractivity contribution in [1.82, 2.24) is 4.98 Å². The average molecular weight is 499 g/mol. The number of sulfonamides is 1. The lowest BCUT2D eigenvalue weighted by Gasteiger charge is -2.24. The lowest BCUT2D eigenvalue weighted by molar-refractivity contribution is -0.116. The minimum Gasteiger partial charge on any atom is -0.495 e. The molecule has 0 spiro atoms. The Labute approximate surface area is 200 Å². The molecule has 0 fully saturated rings. The van der Waals surface area contributed by atoms with E-state index in [4.69, 9.17) is 16.3 Å². The third-order valence-corrected chi connectivity index (χ3v) is 6.95. The summed E-state index contributed by atoms with van der Waals surface area (Å²) in [6, 6.07) is 19.0. The quantitative estimate of drug-likeness (QED) is 0.345. The Morgan fingerprint density at radius 3 is 2.53 bits per heavy atom. The number of ether oxygens (including phenoxy) is 1. The number of hydrogen-bond donors (Lipinski definition) is 2. The normalized spacial score (nSPS) is 11.7. The summed E-state index contributed by atoms with van der Waals surface area (Å²) < 4.78 is 33.1. The average Bonchev–Trinajstić information content (AvgIpc) is 3.16. The van der Waals surface area contributed by atoms with Crippen LogP contribution < -0.4 is 9.04 Å². The van der Waals surface area contributed by atoms with Crippen LogP contribution in [0.1, 0.15) is 0 Å². The number of benzene rings is 3. The lowest BCUT2D eigenvalue weighted by atomic mass is 10.2. The molecule has 0 aliphatic rings. The molecule has 2 N–H and O–H groups in total. The van der Waals surface area contributed by atoms with Crippen LogP contribution in [-0.2, 0) is 14.8 Å². The zero-order valence-corrected chi connectivity index (χ0v) is 19.4. The first-order valence-corrected chi connectivity index (χ1v) is 11.8. The van der Waals surface area contributed by atoms with Crippen molar-refractivity contribution < 1.29 is 23.1 Å². The molecule has 174 valence electrons. The van der Waals surface area contributed by atoms with Gasteiger partial charge in [0, 0.05) is 10.4 Å². The maximum Gasteiger partial charge on any atom is 0.285 e. The molecule has 0 radical (unpaired) electrons. The number of H-pyrrole nitrogens is 1. The molecule has 4 rings (SSSR count). The third-order valence-electron chi connectivity index (χ3n) is 4.94. The monoisotopic (exact) mass is 498 g/mol.